The first-order valence-corrected chi connectivity index (χ1v) is 10.1. The Bertz CT molecular complexity index is 551. The van der Waals surface area contributed by atoms with Crippen LogP contribution in [0.3, 0.4) is 0 Å². The zero-order valence-corrected chi connectivity index (χ0v) is 16.7. The van der Waals surface area contributed by atoms with Gasteiger partial charge in [0.25, 0.3) is 0 Å². The summed E-state index contributed by atoms with van der Waals surface area (Å²) in [6.45, 7) is 4.82. The number of rotatable bonds is 5. The molecular formula is C20H35N5O. The first-order chi connectivity index (χ1) is 12.5. The Kier molecular flexibility index (Phi) is 6.70. The van der Waals surface area contributed by atoms with Crippen LogP contribution < -0.4 is 0 Å². The summed E-state index contributed by atoms with van der Waals surface area (Å²) >= 11 is 0. The van der Waals surface area contributed by atoms with Crippen molar-refractivity contribution in [3.63, 3.8) is 0 Å². The highest BCUT2D eigenvalue weighted by atomic mass is 16.2. The molecular weight excluding hydrogens is 326 g/mol. The van der Waals surface area contributed by atoms with E-state index >= 15 is 0 Å². The van der Waals surface area contributed by atoms with E-state index in [-0.39, 0.29) is 5.92 Å². The number of amides is 1. The number of hydrogen-bond acceptors (Lipinski definition) is 4. The monoisotopic (exact) mass is 361 g/mol. The summed E-state index contributed by atoms with van der Waals surface area (Å²) in [6.07, 6.45) is 9.44. The summed E-state index contributed by atoms with van der Waals surface area (Å²) in [5, 5.41) is 4.28. The summed E-state index contributed by atoms with van der Waals surface area (Å²) in [5.74, 6) is 1.28. The predicted octanol–water partition coefficient (Wildman–Crippen LogP) is 1.78. The molecule has 2 fully saturated rings. The predicted molar refractivity (Wildman–Crippen MR) is 104 cm³/mol. The minimum Gasteiger partial charge on any atom is -0.342 e. The number of hydrogen-bond donors (Lipinski definition) is 0. The van der Waals surface area contributed by atoms with Gasteiger partial charge < -0.3 is 14.7 Å². The van der Waals surface area contributed by atoms with E-state index in [0.717, 1.165) is 64.3 Å². The Morgan fingerprint density at radius 2 is 1.92 bits per heavy atom. The van der Waals surface area contributed by atoms with Crippen LogP contribution in [0, 0.1) is 11.8 Å². The average molecular weight is 362 g/mol. The highest BCUT2D eigenvalue weighted by molar-refractivity contribution is 5.79. The van der Waals surface area contributed by atoms with Crippen molar-refractivity contribution < 1.29 is 4.79 Å². The van der Waals surface area contributed by atoms with Crippen molar-refractivity contribution in [3.8, 4) is 0 Å². The van der Waals surface area contributed by atoms with E-state index in [1.54, 1.807) is 0 Å². The smallest absolute Gasteiger partial charge is 0.226 e. The van der Waals surface area contributed by atoms with Gasteiger partial charge in [-0.05, 0) is 65.2 Å². The number of carbonyl (C=O) groups excluding carboxylic acids is 1. The van der Waals surface area contributed by atoms with Gasteiger partial charge in [-0.3, -0.25) is 9.48 Å². The number of aryl methyl sites for hydroxylation is 1. The van der Waals surface area contributed by atoms with E-state index in [9.17, 15) is 4.79 Å². The van der Waals surface area contributed by atoms with Gasteiger partial charge in [0, 0.05) is 51.2 Å². The summed E-state index contributed by atoms with van der Waals surface area (Å²) in [5.41, 5.74) is 0. The van der Waals surface area contributed by atoms with Gasteiger partial charge in [0.05, 0.1) is 5.92 Å². The lowest BCUT2D eigenvalue weighted by Gasteiger charge is -2.34. The molecule has 0 N–H and O–H groups in total. The zero-order valence-electron chi connectivity index (χ0n) is 16.7. The second-order valence-electron chi connectivity index (χ2n) is 8.44. The number of nitrogens with zero attached hydrogens (tertiary/aromatic N) is 5. The number of likely N-dealkylation sites (N-methyl/N-ethyl adjacent to an activating group) is 2. The van der Waals surface area contributed by atoms with Gasteiger partial charge >= 0.3 is 0 Å². The van der Waals surface area contributed by atoms with Gasteiger partial charge in [-0.2, -0.15) is 5.10 Å². The van der Waals surface area contributed by atoms with Crippen LogP contribution >= 0.6 is 0 Å². The average Bonchev–Trinajstić information content (AvgIpc) is 3.07. The van der Waals surface area contributed by atoms with Crippen molar-refractivity contribution in [3.05, 3.63) is 18.5 Å². The molecule has 0 aliphatic carbocycles. The first kappa shape index (κ1) is 19.4. The van der Waals surface area contributed by atoms with Crippen LogP contribution in [0.5, 0.6) is 0 Å². The Morgan fingerprint density at radius 1 is 1.15 bits per heavy atom. The van der Waals surface area contributed by atoms with Crippen molar-refractivity contribution in [1.82, 2.24) is 24.5 Å². The largest absolute Gasteiger partial charge is 0.342 e. The van der Waals surface area contributed by atoms with Crippen LogP contribution in [0.2, 0.25) is 0 Å². The molecule has 3 heterocycles. The molecule has 0 unspecified atom stereocenters. The molecule has 2 saturated heterocycles. The van der Waals surface area contributed by atoms with E-state index < -0.39 is 0 Å². The van der Waals surface area contributed by atoms with Crippen molar-refractivity contribution in [1.29, 1.82) is 0 Å². The number of aromatic nitrogens is 2. The SMILES string of the molecule is CN1C[C@H](C(=O)N2CCC(CCn3cccn3)CC2)CC[C@H](N(C)C)C1. The van der Waals surface area contributed by atoms with Crippen LogP contribution in [-0.4, -0.2) is 83.8 Å². The van der Waals surface area contributed by atoms with Crippen LogP contribution in [-0.2, 0) is 11.3 Å². The molecule has 6 nitrogen and oxygen atoms in total. The molecule has 2 atom stereocenters. The lowest BCUT2D eigenvalue weighted by atomic mass is 9.92. The molecule has 1 amide bonds. The summed E-state index contributed by atoms with van der Waals surface area (Å²) in [4.78, 5) is 19.8. The lowest BCUT2D eigenvalue weighted by Crippen LogP contribution is -2.44. The maximum absolute atomic E-state index is 13.1. The fourth-order valence-electron chi connectivity index (χ4n) is 4.46. The first-order valence-electron chi connectivity index (χ1n) is 10.1. The molecule has 0 radical (unpaired) electrons. The third-order valence-electron chi connectivity index (χ3n) is 6.23. The van der Waals surface area contributed by atoms with Crippen LogP contribution in [0.25, 0.3) is 0 Å². The summed E-state index contributed by atoms with van der Waals surface area (Å²) < 4.78 is 2.01. The number of piperidine rings is 1. The Balaban J connectivity index is 1.45. The van der Waals surface area contributed by atoms with Crippen molar-refractivity contribution in [2.24, 2.45) is 11.8 Å². The maximum Gasteiger partial charge on any atom is 0.226 e. The minimum absolute atomic E-state index is 0.172. The molecule has 2 aliphatic rings. The van der Waals surface area contributed by atoms with Crippen LogP contribution in [0.1, 0.15) is 32.1 Å². The molecule has 0 bridgehead atoms. The maximum atomic E-state index is 13.1. The van der Waals surface area contributed by atoms with Gasteiger partial charge in [-0.1, -0.05) is 0 Å². The third kappa shape index (κ3) is 5.07. The Hall–Kier alpha value is -1.40. The van der Waals surface area contributed by atoms with Gasteiger partial charge in [0.2, 0.25) is 5.91 Å². The molecule has 2 aliphatic heterocycles. The van der Waals surface area contributed by atoms with Crippen molar-refractivity contribution in [2.75, 3.05) is 47.3 Å². The zero-order chi connectivity index (χ0) is 18.5. The second-order valence-corrected chi connectivity index (χ2v) is 8.44. The molecule has 0 spiro atoms. The standard InChI is InChI=1S/C20H35N5O/c1-22(2)19-6-5-18(15-23(3)16-19)20(26)24-12-7-17(8-13-24)9-14-25-11-4-10-21-25/h4,10-11,17-19H,5-9,12-16H2,1-3H3/t18-,19+/m1/s1. The molecule has 6 heteroatoms. The number of carbonyl (C=O) groups is 1. The fraction of sp³-hybridized carbons (Fsp3) is 0.800. The molecule has 146 valence electrons. The van der Waals surface area contributed by atoms with Crippen LogP contribution in [0.15, 0.2) is 18.5 Å². The highest BCUT2D eigenvalue weighted by Crippen LogP contribution is 2.25. The van der Waals surface area contributed by atoms with Gasteiger partial charge in [-0.15, -0.1) is 0 Å². The molecule has 0 aromatic carbocycles. The molecule has 0 saturated carbocycles. The molecule has 1 aromatic rings. The second kappa shape index (κ2) is 9.00. The fourth-order valence-corrected chi connectivity index (χ4v) is 4.46. The quantitative estimate of drug-likeness (QED) is 0.802. The topological polar surface area (TPSA) is 44.6 Å². The van der Waals surface area contributed by atoms with E-state index in [1.807, 2.05) is 23.1 Å². The summed E-state index contributed by atoms with van der Waals surface area (Å²) in [7, 11) is 6.45. The number of likely N-dealkylation sites (tertiary alicyclic amines) is 2. The van der Waals surface area contributed by atoms with Crippen molar-refractivity contribution in [2.45, 2.75) is 44.7 Å². The Morgan fingerprint density at radius 3 is 2.58 bits per heavy atom. The highest BCUT2D eigenvalue weighted by Gasteiger charge is 2.32. The van der Waals surface area contributed by atoms with Gasteiger partial charge in [0.1, 0.15) is 0 Å². The molecule has 26 heavy (non-hydrogen) atoms. The van der Waals surface area contributed by atoms with Crippen LogP contribution in [0.4, 0.5) is 0 Å². The van der Waals surface area contributed by atoms with Gasteiger partial charge in [0.15, 0.2) is 0 Å². The van der Waals surface area contributed by atoms with E-state index in [1.165, 1.54) is 6.42 Å². The van der Waals surface area contributed by atoms with E-state index in [4.69, 9.17) is 0 Å². The van der Waals surface area contributed by atoms with E-state index in [0.29, 0.717) is 11.9 Å². The molecule has 3 rings (SSSR count). The van der Waals surface area contributed by atoms with E-state index in [2.05, 4.69) is 40.9 Å². The third-order valence-corrected chi connectivity index (χ3v) is 6.23. The van der Waals surface area contributed by atoms with Crippen molar-refractivity contribution >= 4 is 5.91 Å². The van der Waals surface area contributed by atoms with Gasteiger partial charge in [-0.25, -0.2) is 0 Å². The summed E-state index contributed by atoms with van der Waals surface area (Å²) in [6, 6.07) is 2.54. The Labute approximate surface area is 158 Å². The molecule has 1 aromatic heterocycles. The normalized spacial score (nSPS) is 26.2. The minimum atomic E-state index is 0.172. The lowest BCUT2D eigenvalue weighted by molar-refractivity contribution is -0.137.